The minimum absolute atomic E-state index is 0.153. The summed E-state index contributed by atoms with van der Waals surface area (Å²) in [5.74, 6) is 0.369. The van der Waals surface area contributed by atoms with Gasteiger partial charge < -0.3 is 9.84 Å². The molecule has 29 heavy (non-hydrogen) atoms. The average Bonchev–Trinajstić information content (AvgIpc) is 3.21. The third-order valence-electron chi connectivity index (χ3n) is 4.94. The summed E-state index contributed by atoms with van der Waals surface area (Å²) in [7, 11) is 0. The first kappa shape index (κ1) is 18.9. The molecule has 2 aromatic carbocycles. The molecule has 4 rings (SSSR count). The number of amides is 2. The smallest absolute Gasteiger partial charge is 0.322 e. The third kappa shape index (κ3) is 3.63. The predicted octanol–water partition coefficient (Wildman–Crippen LogP) is 4.78. The van der Waals surface area contributed by atoms with Crippen LogP contribution in [-0.4, -0.2) is 27.6 Å². The first-order valence-electron chi connectivity index (χ1n) is 9.52. The fourth-order valence-corrected chi connectivity index (χ4v) is 3.50. The topological polar surface area (TPSA) is 71.3 Å². The van der Waals surface area contributed by atoms with Crippen LogP contribution in [0.3, 0.4) is 0 Å². The van der Waals surface area contributed by atoms with Crippen LogP contribution in [0.25, 0.3) is 17.0 Å². The molecule has 0 aliphatic carbocycles. The average molecular weight is 392 g/mol. The normalized spacial score (nSPS) is 16.9. The van der Waals surface area contributed by atoms with E-state index in [9.17, 15) is 9.18 Å². The summed E-state index contributed by atoms with van der Waals surface area (Å²) in [6.45, 7) is 4.49. The highest BCUT2D eigenvalue weighted by molar-refractivity contribution is 5.86. The maximum Gasteiger partial charge on any atom is 0.322 e. The lowest BCUT2D eigenvalue weighted by molar-refractivity contribution is 0.205. The van der Waals surface area contributed by atoms with Crippen molar-refractivity contribution >= 4 is 11.6 Å². The van der Waals surface area contributed by atoms with E-state index in [2.05, 4.69) is 15.5 Å². The Bertz CT molecular complexity index is 1040. The zero-order chi connectivity index (χ0) is 20.4. The number of aromatic nitrogens is 2. The van der Waals surface area contributed by atoms with Gasteiger partial charge in [0, 0.05) is 17.8 Å². The maximum atomic E-state index is 13.2. The fourth-order valence-electron chi connectivity index (χ4n) is 3.50. The highest BCUT2D eigenvalue weighted by Crippen LogP contribution is 2.37. The third-order valence-corrected chi connectivity index (χ3v) is 4.94. The molecule has 0 saturated carbocycles. The van der Waals surface area contributed by atoms with E-state index in [1.807, 2.05) is 44.2 Å². The predicted molar refractivity (Wildman–Crippen MR) is 107 cm³/mol. The second kappa shape index (κ2) is 7.87. The number of rotatable bonds is 5. The lowest BCUT2D eigenvalue weighted by Gasteiger charge is -2.35. The molecule has 0 fully saturated rings. The monoisotopic (exact) mass is 392 g/mol. The van der Waals surface area contributed by atoms with Gasteiger partial charge in [0.15, 0.2) is 0 Å². The van der Waals surface area contributed by atoms with Gasteiger partial charge in [-0.15, -0.1) is 0 Å². The van der Waals surface area contributed by atoms with E-state index in [0.29, 0.717) is 23.8 Å². The van der Waals surface area contributed by atoms with Crippen LogP contribution in [0.5, 0.6) is 0 Å². The summed E-state index contributed by atoms with van der Waals surface area (Å²) < 4.78 is 18.8. The van der Waals surface area contributed by atoms with E-state index < -0.39 is 6.04 Å². The van der Waals surface area contributed by atoms with Crippen LogP contribution in [0.15, 0.2) is 64.8 Å². The lowest BCUT2D eigenvalue weighted by Crippen LogP contribution is -2.46. The minimum atomic E-state index is -0.404. The summed E-state index contributed by atoms with van der Waals surface area (Å²) in [6.07, 6.45) is 0.818. The van der Waals surface area contributed by atoms with Crippen LogP contribution in [0, 0.1) is 5.82 Å². The van der Waals surface area contributed by atoms with Crippen LogP contribution < -0.4 is 5.32 Å². The summed E-state index contributed by atoms with van der Waals surface area (Å²) >= 11 is 0. The lowest BCUT2D eigenvalue weighted by atomic mass is 9.94. The molecule has 6 nitrogen and oxygen atoms in total. The Morgan fingerprint density at radius 1 is 1.14 bits per heavy atom. The number of nitrogens with one attached hydrogen (secondary N) is 1. The Morgan fingerprint density at radius 3 is 2.55 bits per heavy atom. The number of urea groups is 1. The first-order valence-corrected chi connectivity index (χ1v) is 9.52. The standard InChI is InChI=1S/C22H21FN4O2/c1-3-13-27-14(2)18(19(24-22(27)28)15-7-5-4-6-8-15)21-25-20(26-29-21)16-9-11-17(23)12-10-16/h4-12,19H,3,13H2,1-2H3,(H,24,28). The number of carbonyl (C=O) groups excluding carboxylic acids is 1. The van der Waals surface area contributed by atoms with E-state index in [1.54, 1.807) is 17.0 Å². The molecule has 148 valence electrons. The van der Waals surface area contributed by atoms with Crippen LogP contribution in [0.2, 0.25) is 0 Å². The Kier molecular flexibility index (Phi) is 5.12. The number of carbonyl (C=O) groups is 1. The zero-order valence-electron chi connectivity index (χ0n) is 16.2. The highest BCUT2D eigenvalue weighted by Gasteiger charge is 2.35. The number of nitrogens with zero attached hydrogens (tertiary/aromatic N) is 3. The summed E-state index contributed by atoms with van der Waals surface area (Å²) in [5.41, 5.74) is 3.11. The first-order chi connectivity index (χ1) is 14.1. The SMILES string of the molecule is CCCN1C(=O)NC(c2ccccc2)C(c2nc(-c3ccc(F)cc3)no2)=C1C. The van der Waals surface area contributed by atoms with E-state index in [4.69, 9.17) is 4.52 Å². The largest absolute Gasteiger partial charge is 0.334 e. The molecule has 1 unspecified atom stereocenters. The molecule has 1 atom stereocenters. The molecular formula is C22H21FN4O2. The van der Waals surface area contributed by atoms with Crippen molar-refractivity contribution in [2.75, 3.05) is 6.54 Å². The number of allylic oxidation sites excluding steroid dienone is 1. The molecule has 1 aromatic heterocycles. The van der Waals surface area contributed by atoms with Gasteiger partial charge in [-0.05, 0) is 43.2 Å². The van der Waals surface area contributed by atoms with Gasteiger partial charge in [0.25, 0.3) is 5.89 Å². The maximum absolute atomic E-state index is 13.2. The number of hydrogen-bond acceptors (Lipinski definition) is 4. The van der Waals surface area contributed by atoms with Gasteiger partial charge in [0.2, 0.25) is 5.82 Å². The zero-order valence-corrected chi connectivity index (χ0v) is 16.2. The minimum Gasteiger partial charge on any atom is -0.334 e. The Hall–Kier alpha value is -3.48. The Balaban J connectivity index is 1.80. The molecular weight excluding hydrogens is 371 g/mol. The highest BCUT2D eigenvalue weighted by atomic mass is 19.1. The van der Waals surface area contributed by atoms with Gasteiger partial charge in [-0.25, -0.2) is 9.18 Å². The van der Waals surface area contributed by atoms with Crippen LogP contribution >= 0.6 is 0 Å². The van der Waals surface area contributed by atoms with E-state index in [0.717, 1.165) is 23.3 Å². The molecule has 0 radical (unpaired) electrons. The van der Waals surface area contributed by atoms with Gasteiger partial charge in [0.1, 0.15) is 5.82 Å². The van der Waals surface area contributed by atoms with Crippen LogP contribution in [-0.2, 0) is 0 Å². The van der Waals surface area contributed by atoms with Crippen molar-refractivity contribution in [1.82, 2.24) is 20.4 Å². The summed E-state index contributed by atoms with van der Waals surface area (Å²) in [4.78, 5) is 18.9. The molecule has 0 saturated heterocycles. The second-order valence-corrected chi connectivity index (χ2v) is 6.87. The van der Waals surface area contributed by atoms with Crippen molar-refractivity contribution < 1.29 is 13.7 Å². The Morgan fingerprint density at radius 2 is 1.86 bits per heavy atom. The number of benzene rings is 2. The van der Waals surface area contributed by atoms with Gasteiger partial charge in [-0.3, -0.25) is 4.90 Å². The number of halogens is 1. The molecule has 3 aromatic rings. The fraction of sp³-hybridized carbons (Fsp3) is 0.227. The van der Waals surface area contributed by atoms with Crippen LogP contribution in [0.1, 0.15) is 37.8 Å². The van der Waals surface area contributed by atoms with Crippen molar-refractivity contribution in [2.24, 2.45) is 0 Å². The molecule has 7 heteroatoms. The quantitative estimate of drug-likeness (QED) is 0.678. The van der Waals surface area contributed by atoms with Crippen molar-refractivity contribution in [2.45, 2.75) is 26.3 Å². The molecule has 2 amide bonds. The van der Waals surface area contributed by atoms with Crippen molar-refractivity contribution in [3.05, 3.63) is 77.6 Å². The molecule has 1 N–H and O–H groups in total. The van der Waals surface area contributed by atoms with Crippen LogP contribution in [0.4, 0.5) is 9.18 Å². The van der Waals surface area contributed by atoms with Crippen molar-refractivity contribution in [3.63, 3.8) is 0 Å². The molecule has 1 aliphatic rings. The molecule has 2 heterocycles. The second-order valence-electron chi connectivity index (χ2n) is 6.87. The Labute approximate surface area is 168 Å². The molecule has 1 aliphatic heterocycles. The van der Waals surface area contributed by atoms with Gasteiger partial charge >= 0.3 is 6.03 Å². The molecule has 0 spiro atoms. The van der Waals surface area contributed by atoms with E-state index in [-0.39, 0.29) is 11.8 Å². The molecule has 0 bridgehead atoms. The summed E-state index contributed by atoms with van der Waals surface area (Å²) in [5, 5.41) is 7.12. The van der Waals surface area contributed by atoms with Gasteiger partial charge in [-0.2, -0.15) is 4.98 Å². The van der Waals surface area contributed by atoms with E-state index in [1.165, 1.54) is 12.1 Å². The van der Waals surface area contributed by atoms with Gasteiger partial charge in [-0.1, -0.05) is 42.4 Å². The van der Waals surface area contributed by atoms with Crippen molar-refractivity contribution in [1.29, 1.82) is 0 Å². The van der Waals surface area contributed by atoms with Crippen molar-refractivity contribution in [3.8, 4) is 11.4 Å². The number of hydrogen-bond donors (Lipinski definition) is 1. The van der Waals surface area contributed by atoms with Gasteiger partial charge in [0.05, 0.1) is 11.6 Å². The van der Waals surface area contributed by atoms with E-state index >= 15 is 0 Å². The summed E-state index contributed by atoms with van der Waals surface area (Å²) in [6, 6.07) is 15.0.